The summed E-state index contributed by atoms with van der Waals surface area (Å²) < 4.78 is 19.8. The average molecular weight is 505 g/mol. The van der Waals surface area contributed by atoms with Crippen LogP contribution in [-0.2, 0) is 23.6 Å². The Labute approximate surface area is 202 Å². The lowest BCUT2D eigenvalue weighted by atomic mass is 9.99. The van der Waals surface area contributed by atoms with E-state index in [2.05, 4.69) is 0 Å². The second-order valence-electron chi connectivity index (χ2n) is 8.39. The van der Waals surface area contributed by atoms with Crippen molar-refractivity contribution in [1.29, 1.82) is 0 Å². The van der Waals surface area contributed by atoms with E-state index in [4.69, 9.17) is 4.74 Å². The van der Waals surface area contributed by atoms with Crippen molar-refractivity contribution < 1.29 is 39.9 Å². The molecule has 2 heterocycles. The molecule has 7 N–H and O–H groups in total. The van der Waals surface area contributed by atoms with Gasteiger partial charge in [0.1, 0.15) is 23.8 Å². The van der Waals surface area contributed by atoms with E-state index >= 15 is 0 Å². The number of phenols is 1. The van der Waals surface area contributed by atoms with Crippen molar-refractivity contribution in [2.24, 2.45) is 0 Å². The number of aromatic hydroxyl groups is 1. The number of nitrogens with one attached hydrogen (secondary N) is 1. The predicted octanol–water partition coefficient (Wildman–Crippen LogP) is -1.09. The van der Waals surface area contributed by atoms with Gasteiger partial charge < -0.3 is 35.5 Å². The molecule has 1 aromatic heterocycles. The van der Waals surface area contributed by atoms with Crippen LogP contribution < -0.4 is 11.2 Å². The van der Waals surface area contributed by atoms with Crippen LogP contribution in [0.1, 0.15) is 16.7 Å². The van der Waals surface area contributed by atoms with Crippen LogP contribution in [0, 0.1) is 5.82 Å². The molecule has 192 valence electrons. The van der Waals surface area contributed by atoms with Gasteiger partial charge in [-0.3, -0.25) is 9.78 Å². The molecule has 4 rings (SSSR count). The van der Waals surface area contributed by atoms with E-state index in [1.165, 1.54) is 48.5 Å². The Kier molecular flexibility index (Phi) is 6.81. The minimum atomic E-state index is -3.24. The number of hydrogen-bond donors (Lipinski definition) is 7. The highest BCUT2D eigenvalue weighted by atomic mass is 19.1. The quantitative estimate of drug-likeness (QED) is 0.153. The number of aliphatic hydroxyl groups excluding tert-OH is 2. The minimum absolute atomic E-state index is 0.0785. The summed E-state index contributed by atoms with van der Waals surface area (Å²) in [6.07, 6.45) is -3.36. The molecular weight excluding hydrogens is 481 g/mol. The number of aromatic amines is 1. The highest BCUT2D eigenvalue weighted by Gasteiger charge is 2.70. The first-order chi connectivity index (χ1) is 17.0. The van der Waals surface area contributed by atoms with Gasteiger partial charge in [-0.15, -0.1) is 5.06 Å². The van der Waals surface area contributed by atoms with E-state index in [9.17, 15) is 44.7 Å². The third kappa shape index (κ3) is 4.22. The molecule has 0 bridgehead atoms. The van der Waals surface area contributed by atoms with Crippen LogP contribution in [0.25, 0.3) is 0 Å². The van der Waals surface area contributed by atoms with Crippen LogP contribution in [0.5, 0.6) is 5.75 Å². The second-order valence-corrected chi connectivity index (χ2v) is 8.39. The Bertz CT molecular complexity index is 1360. The summed E-state index contributed by atoms with van der Waals surface area (Å²) >= 11 is 0. The molecule has 2 aromatic carbocycles. The summed E-state index contributed by atoms with van der Waals surface area (Å²) in [7, 11) is 0. The summed E-state index contributed by atoms with van der Waals surface area (Å²) in [6, 6.07) is 10.9. The van der Waals surface area contributed by atoms with Crippen LogP contribution in [0.4, 0.5) is 4.39 Å². The monoisotopic (exact) mass is 505 g/mol. The lowest BCUT2D eigenvalue weighted by molar-refractivity contribution is -0.413. The van der Waals surface area contributed by atoms with E-state index in [1.807, 2.05) is 4.98 Å². The number of ether oxygens (including phenoxy) is 1. The molecule has 0 aliphatic carbocycles. The normalized spacial score (nSPS) is 26.0. The fraction of sp³-hybridized carbons (Fsp3) is 0.304. The van der Waals surface area contributed by atoms with E-state index in [0.29, 0.717) is 10.1 Å². The molecule has 1 aliphatic rings. The lowest BCUT2D eigenvalue weighted by Gasteiger charge is -2.42. The molecule has 1 saturated heterocycles. The number of halogens is 1. The van der Waals surface area contributed by atoms with E-state index < -0.39 is 54.1 Å². The predicted molar refractivity (Wildman–Crippen MR) is 119 cm³/mol. The maximum Gasteiger partial charge on any atom is 0.332 e. The molecule has 13 heteroatoms. The Hall–Kier alpha value is -3.43. The first kappa shape index (κ1) is 25.7. The average Bonchev–Trinajstić information content (AvgIpc) is 3.05. The molecule has 0 spiro atoms. The number of nitrogens with zero attached hydrogens (tertiary/aromatic N) is 2. The Morgan fingerprint density at radius 1 is 1.08 bits per heavy atom. The van der Waals surface area contributed by atoms with Gasteiger partial charge in [0.2, 0.25) is 5.72 Å². The number of H-pyrrole nitrogens is 1. The maximum atomic E-state index is 14.2. The molecule has 3 aromatic rings. The van der Waals surface area contributed by atoms with Gasteiger partial charge in [0, 0.05) is 18.2 Å². The van der Waals surface area contributed by atoms with Crippen LogP contribution in [0.2, 0.25) is 0 Å². The zero-order chi connectivity index (χ0) is 26.3. The summed E-state index contributed by atoms with van der Waals surface area (Å²) in [5.41, 5.74) is -5.18. The highest BCUT2D eigenvalue weighted by Crippen LogP contribution is 2.43. The molecular formula is C23H24FN3O9. The van der Waals surface area contributed by atoms with Crippen molar-refractivity contribution in [2.75, 3.05) is 6.61 Å². The standard InChI is InChI=1S/C23H24FN3O9/c24-17-4-2-1-3-14(17)9-15-11-26(21(32)25-20(15)31)23(34)22(33,19(30)18(12-28)36-23)27(35)10-13-5-7-16(29)8-6-13/h1-8,11,18-19,28-30,33-35H,9-10,12H2,(H,25,31,32)/t18-,19-,22-,23+/m1/s1. The number of hydroxylamine groups is 2. The van der Waals surface area contributed by atoms with Gasteiger partial charge in [-0.2, -0.15) is 0 Å². The van der Waals surface area contributed by atoms with Crippen molar-refractivity contribution in [1.82, 2.24) is 14.6 Å². The van der Waals surface area contributed by atoms with Crippen molar-refractivity contribution >= 4 is 0 Å². The van der Waals surface area contributed by atoms with Gasteiger partial charge >= 0.3 is 11.6 Å². The molecule has 0 saturated carbocycles. The molecule has 1 fully saturated rings. The van der Waals surface area contributed by atoms with Gasteiger partial charge in [0.15, 0.2) is 0 Å². The Balaban J connectivity index is 1.80. The van der Waals surface area contributed by atoms with Gasteiger partial charge in [0.25, 0.3) is 5.56 Å². The minimum Gasteiger partial charge on any atom is -0.508 e. The van der Waals surface area contributed by atoms with Gasteiger partial charge in [0.05, 0.1) is 13.2 Å². The third-order valence-electron chi connectivity index (χ3n) is 6.08. The van der Waals surface area contributed by atoms with Gasteiger partial charge in [-0.1, -0.05) is 30.3 Å². The fourth-order valence-electron chi connectivity index (χ4n) is 4.11. The second kappa shape index (κ2) is 9.55. The van der Waals surface area contributed by atoms with E-state index in [0.717, 1.165) is 6.20 Å². The molecule has 12 nitrogen and oxygen atoms in total. The van der Waals surface area contributed by atoms with Crippen LogP contribution >= 0.6 is 0 Å². The number of hydrogen-bond acceptors (Lipinski definition) is 10. The topological polar surface area (TPSA) is 189 Å². The summed E-state index contributed by atoms with van der Waals surface area (Å²) in [4.78, 5) is 27.1. The smallest absolute Gasteiger partial charge is 0.332 e. The Morgan fingerprint density at radius 3 is 2.39 bits per heavy atom. The third-order valence-corrected chi connectivity index (χ3v) is 6.08. The van der Waals surface area contributed by atoms with Gasteiger partial charge in [-0.25, -0.2) is 13.8 Å². The first-order valence-electron chi connectivity index (χ1n) is 10.8. The molecule has 0 unspecified atom stereocenters. The van der Waals surface area contributed by atoms with E-state index in [-0.39, 0.29) is 28.4 Å². The van der Waals surface area contributed by atoms with Crippen LogP contribution in [-0.4, -0.2) is 69.9 Å². The van der Waals surface area contributed by atoms with E-state index in [1.54, 1.807) is 0 Å². The zero-order valence-electron chi connectivity index (χ0n) is 18.7. The molecule has 0 radical (unpaired) electrons. The highest BCUT2D eigenvalue weighted by molar-refractivity contribution is 5.26. The Morgan fingerprint density at radius 2 is 1.75 bits per heavy atom. The fourth-order valence-corrected chi connectivity index (χ4v) is 4.11. The number of aromatic nitrogens is 2. The van der Waals surface area contributed by atoms with Crippen LogP contribution in [0.15, 0.2) is 64.3 Å². The van der Waals surface area contributed by atoms with Crippen molar-refractivity contribution in [3.63, 3.8) is 0 Å². The van der Waals surface area contributed by atoms with Crippen molar-refractivity contribution in [3.8, 4) is 5.75 Å². The molecule has 1 aliphatic heterocycles. The van der Waals surface area contributed by atoms with Crippen molar-refractivity contribution in [2.45, 2.75) is 36.8 Å². The number of aliphatic hydroxyl groups is 4. The lowest BCUT2D eigenvalue weighted by Crippen LogP contribution is -2.68. The first-order valence-corrected chi connectivity index (χ1v) is 10.8. The number of rotatable bonds is 7. The van der Waals surface area contributed by atoms with Crippen molar-refractivity contribution in [3.05, 3.63) is 98.1 Å². The summed E-state index contributed by atoms with van der Waals surface area (Å²) in [5, 5.41) is 63.5. The summed E-state index contributed by atoms with van der Waals surface area (Å²) in [5.74, 6) is -3.95. The largest absolute Gasteiger partial charge is 0.508 e. The number of phenolic OH excluding ortho intramolecular Hbond substituents is 1. The SMILES string of the molecule is O=c1[nH]c(=O)n([C@@]2(O)O[C@H](CO)[C@@H](O)[C@]2(O)N(O)Cc2ccc(O)cc2)cc1Cc1ccccc1F. The maximum absolute atomic E-state index is 14.2. The van der Waals surface area contributed by atoms with Gasteiger partial charge in [-0.05, 0) is 29.3 Å². The molecule has 36 heavy (non-hydrogen) atoms. The zero-order valence-corrected chi connectivity index (χ0v) is 18.7. The molecule has 0 amide bonds. The molecule has 4 atom stereocenters. The van der Waals surface area contributed by atoms with Crippen LogP contribution in [0.3, 0.4) is 0 Å². The number of benzene rings is 2. The summed E-state index contributed by atoms with van der Waals surface area (Å²) in [6.45, 7) is -1.48.